The Balaban J connectivity index is 0.00000529. The van der Waals surface area contributed by atoms with Crippen LogP contribution >= 0.6 is 35.3 Å². The number of aliphatic imine (C=N–C) groups is 1. The number of ether oxygens (including phenoxy) is 1. The highest BCUT2D eigenvalue weighted by Gasteiger charge is 2.22. The van der Waals surface area contributed by atoms with E-state index in [4.69, 9.17) is 4.74 Å². The van der Waals surface area contributed by atoms with Crippen LogP contribution in [0.15, 0.2) is 22.5 Å². The maximum atomic E-state index is 11.7. The number of methoxy groups -OCH3 is 1. The quantitative estimate of drug-likeness (QED) is 0.265. The van der Waals surface area contributed by atoms with Crippen LogP contribution in [0.3, 0.4) is 0 Å². The van der Waals surface area contributed by atoms with E-state index in [9.17, 15) is 4.79 Å². The van der Waals surface area contributed by atoms with Crippen LogP contribution < -0.4 is 10.6 Å². The molecule has 6 nitrogen and oxygen atoms in total. The highest BCUT2D eigenvalue weighted by Crippen LogP contribution is 2.26. The number of likely N-dealkylation sites (N-methyl/N-ethyl adjacent to an activating group) is 1. The van der Waals surface area contributed by atoms with Crippen molar-refractivity contribution in [3.05, 3.63) is 22.4 Å². The molecular formula is C16H29IN4O2S. The molecule has 0 aliphatic carbocycles. The molecule has 138 valence electrons. The Labute approximate surface area is 166 Å². The topological polar surface area (TPSA) is 66.0 Å². The fourth-order valence-corrected chi connectivity index (χ4v) is 2.64. The van der Waals surface area contributed by atoms with Gasteiger partial charge in [0, 0.05) is 44.6 Å². The van der Waals surface area contributed by atoms with Gasteiger partial charge in [-0.2, -0.15) is 0 Å². The minimum absolute atomic E-state index is 0. The van der Waals surface area contributed by atoms with Gasteiger partial charge in [0.25, 0.3) is 0 Å². The number of hydrogen-bond donors (Lipinski definition) is 2. The summed E-state index contributed by atoms with van der Waals surface area (Å²) in [4.78, 5) is 18.9. The predicted octanol–water partition coefficient (Wildman–Crippen LogP) is 1.91. The molecule has 0 fully saturated rings. The first-order chi connectivity index (χ1) is 10.9. The fourth-order valence-electron chi connectivity index (χ4n) is 1.79. The first-order valence-corrected chi connectivity index (χ1v) is 8.50. The molecule has 1 amide bonds. The van der Waals surface area contributed by atoms with E-state index in [0.29, 0.717) is 19.1 Å². The van der Waals surface area contributed by atoms with E-state index >= 15 is 0 Å². The van der Waals surface area contributed by atoms with Gasteiger partial charge in [-0.25, -0.2) is 4.99 Å². The fraction of sp³-hybridized carbons (Fsp3) is 0.625. The minimum atomic E-state index is -0.0321. The van der Waals surface area contributed by atoms with Gasteiger partial charge in [0.2, 0.25) is 5.91 Å². The summed E-state index contributed by atoms with van der Waals surface area (Å²) in [6.45, 7) is 6.43. The van der Waals surface area contributed by atoms with E-state index in [1.54, 1.807) is 32.5 Å². The Bertz CT molecular complexity index is 504. The second-order valence-corrected chi connectivity index (χ2v) is 7.04. The largest absolute Gasteiger partial charge is 0.383 e. The number of carbonyl (C=O) groups excluding carboxylic acids is 1. The predicted molar refractivity (Wildman–Crippen MR) is 112 cm³/mol. The van der Waals surface area contributed by atoms with Gasteiger partial charge in [-0.3, -0.25) is 4.79 Å². The maximum absolute atomic E-state index is 11.7. The molecule has 0 aromatic carbocycles. The number of guanidine groups is 1. The Morgan fingerprint density at radius 3 is 2.62 bits per heavy atom. The van der Waals surface area contributed by atoms with Gasteiger partial charge in [-0.15, -0.1) is 35.3 Å². The third-order valence-electron chi connectivity index (χ3n) is 3.36. The SMILES string of the molecule is COCCNC(=NCC(=O)N(C)C)NCC(C)(C)c1cccs1.I. The number of carbonyl (C=O) groups is 1. The molecule has 1 aromatic rings. The van der Waals surface area contributed by atoms with Crippen molar-refractivity contribution < 1.29 is 9.53 Å². The highest BCUT2D eigenvalue weighted by molar-refractivity contribution is 14.0. The Morgan fingerprint density at radius 1 is 1.38 bits per heavy atom. The lowest BCUT2D eigenvalue weighted by molar-refractivity contribution is -0.127. The van der Waals surface area contributed by atoms with Crippen molar-refractivity contribution in [3.8, 4) is 0 Å². The van der Waals surface area contributed by atoms with Crippen molar-refractivity contribution >= 4 is 47.2 Å². The lowest BCUT2D eigenvalue weighted by atomic mass is 9.91. The van der Waals surface area contributed by atoms with Gasteiger partial charge < -0.3 is 20.3 Å². The second-order valence-electron chi connectivity index (χ2n) is 6.09. The zero-order valence-corrected chi connectivity index (χ0v) is 18.2. The number of halogens is 1. The van der Waals surface area contributed by atoms with Crippen LogP contribution in [-0.2, 0) is 14.9 Å². The molecule has 0 saturated heterocycles. The Kier molecular flexibility index (Phi) is 11.2. The standard InChI is InChI=1S/C16H28N4O2S.HI/c1-16(2,13-7-6-10-23-13)12-19-15(17-8-9-22-5)18-11-14(21)20(3)4;/h6-7,10H,8-9,11-12H2,1-5H3,(H2,17,18,19);1H. The van der Waals surface area contributed by atoms with Crippen molar-refractivity contribution in [3.63, 3.8) is 0 Å². The lowest BCUT2D eigenvalue weighted by Crippen LogP contribution is -2.44. The molecule has 8 heteroatoms. The van der Waals surface area contributed by atoms with Crippen LogP contribution in [0, 0.1) is 0 Å². The molecule has 1 aromatic heterocycles. The van der Waals surface area contributed by atoms with Gasteiger partial charge in [0.1, 0.15) is 6.54 Å². The van der Waals surface area contributed by atoms with Gasteiger partial charge in [0.15, 0.2) is 5.96 Å². The van der Waals surface area contributed by atoms with Crippen molar-refractivity contribution in [1.82, 2.24) is 15.5 Å². The summed E-state index contributed by atoms with van der Waals surface area (Å²) in [5.41, 5.74) is -0.0105. The first kappa shape index (κ1) is 23.1. The zero-order valence-electron chi connectivity index (χ0n) is 15.1. The van der Waals surface area contributed by atoms with Gasteiger partial charge in [0.05, 0.1) is 6.61 Å². The van der Waals surface area contributed by atoms with Crippen molar-refractivity contribution in [2.75, 3.05) is 47.4 Å². The molecule has 0 aliphatic rings. The average Bonchev–Trinajstić information content (AvgIpc) is 3.04. The summed E-state index contributed by atoms with van der Waals surface area (Å²) in [6.07, 6.45) is 0. The molecule has 1 heterocycles. The molecular weight excluding hydrogens is 439 g/mol. The zero-order chi connectivity index (χ0) is 17.3. The van der Waals surface area contributed by atoms with Gasteiger partial charge >= 0.3 is 0 Å². The third-order valence-corrected chi connectivity index (χ3v) is 4.59. The first-order valence-electron chi connectivity index (χ1n) is 7.62. The third kappa shape index (κ3) is 8.29. The minimum Gasteiger partial charge on any atom is -0.383 e. The molecule has 0 atom stereocenters. The van der Waals surface area contributed by atoms with Crippen LogP contribution in [0.1, 0.15) is 18.7 Å². The summed E-state index contributed by atoms with van der Waals surface area (Å²) >= 11 is 1.74. The van der Waals surface area contributed by atoms with Crippen LogP contribution in [0.25, 0.3) is 0 Å². The lowest BCUT2D eigenvalue weighted by Gasteiger charge is -2.25. The molecule has 0 saturated carbocycles. The number of thiophene rings is 1. The molecule has 1 rings (SSSR count). The molecule has 24 heavy (non-hydrogen) atoms. The Morgan fingerprint density at radius 2 is 2.08 bits per heavy atom. The van der Waals surface area contributed by atoms with Crippen LogP contribution in [0.2, 0.25) is 0 Å². The van der Waals surface area contributed by atoms with E-state index in [-0.39, 0.29) is 41.8 Å². The van der Waals surface area contributed by atoms with Crippen molar-refractivity contribution in [2.24, 2.45) is 4.99 Å². The molecule has 0 bridgehead atoms. The summed E-state index contributed by atoms with van der Waals surface area (Å²) in [7, 11) is 5.10. The van der Waals surface area contributed by atoms with Crippen LogP contribution in [0.4, 0.5) is 0 Å². The number of hydrogen-bond acceptors (Lipinski definition) is 4. The van der Waals surface area contributed by atoms with E-state index in [0.717, 1.165) is 6.54 Å². The highest BCUT2D eigenvalue weighted by atomic mass is 127. The van der Waals surface area contributed by atoms with E-state index in [1.165, 1.54) is 9.78 Å². The summed E-state index contributed by atoms with van der Waals surface area (Å²) in [5, 5.41) is 8.58. The number of amides is 1. The number of nitrogens with zero attached hydrogens (tertiary/aromatic N) is 2. The van der Waals surface area contributed by atoms with Crippen LogP contribution in [-0.4, -0.2) is 64.2 Å². The molecule has 2 N–H and O–H groups in total. The van der Waals surface area contributed by atoms with Gasteiger partial charge in [-0.1, -0.05) is 19.9 Å². The second kappa shape index (κ2) is 11.6. The summed E-state index contributed by atoms with van der Waals surface area (Å²) in [5.74, 6) is 0.595. The van der Waals surface area contributed by atoms with E-state index in [2.05, 4.69) is 47.0 Å². The maximum Gasteiger partial charge on any atom is 0.243 e. The normalized spacial score (nSPS) is 11.6. The molecule has 0 radical (unpaired) electrons. The Hall–Kier alpha value is -0.870. The molecule has 0 aliphatic heterocycles. The smallest absolute Gasteiger partial charge is 0.243 e. The van der Waals surface area contributed by atoms with Crippen molar-refractivity contribution in [1.29, 1.82) is 0 Å². The molecule has 0 unspecified atom stereocenters. The van der Waals surface area contributed by atoms with E-state index < -0.39 is 0 Å². The summed E-state index contributed by atoms with van der Waals surface area (Å²) < 4.78 is 5.04. The number of rotatable bonds is 8. The summed E-state index contributed by atoms with van der Waals surface area (Å²) in [6, 6.07) is 4.19. The van der Waals surface area contributed by atoms with E-state index in [1.807, 2.05) is 0 Å². The van der Waals surface area contributed by atoms with Gasteiger partial charge in [-0.05, 0) is 11.4 Å². The van der Waals surface area contributed by atoms with Crippen LogP contribution in [0.5, 0.6) is 0 Å². The number of nitrogens with one attached hydrogen (secondary N) is 2. The molecule has 0 spiro atoms. The monoisotopic (exact) mass is 468 g/mol. The van der Waals surface area contributed by atoms with Crippen molar-refractivity contribution in [2.45, 2.75) is 19.3 Å². The average molecular weight is 468 g/mol.